The van der Waals surface area contributed by atoms with E-state index in [-0.39, 0.29) is 5.56 Å². The van der Waals surface area contributed by atoms with E-state index in [0.29, 0.717) is 11.4 Å². The van der Waals surface area contributed by atoms with Crippen LogP contribution in [0.1, 0.15) is 24.4 Å². The summed E-state index contributed by atoms with van der Waals surface area (Å²) in [7, 11) is 0. The lowest BCUT2D eigenvalue weighted by Crippen LogP contribution is -2.22. The van der Waals surface area contributed by atoms with E-state index in [1.807, 2.05) is 41.1 Å². The van der Waals surface area contributed by atoms with Gasteiger partial charge in [-0.1, -0.05) is 48.2 Å². The maximum absolute atomic E-state index is 13.0. The monoisotopic (exact) mass is 359 g/mol. The van der Waals surface area contributed by atoms with Crippen LogP contribution >= 0.6 is 11.8 Å². The first-order valence-corrected chi connectivity index (χ1v) is 9.76. The third-order valence-electron chi connectivity index (χ3n) is 4.76. The van der Waals surface area contributed by atoms with Crippen molar-refractivity contribution in [3.63, 3.8) is 0 Å². The van der Waals surface area contributed by atoms with Crippen molar-refractivity contribution >= 4 is 33.6 Å². The van der Waals surface area contributed by atoms with E-state index in [1.54, 1.807) is 11.8 Å². The topological polar surface area (TPSA) is 47.8 Å². The number of fused-ring (bicyclic) bond motifs is 2. The van der Waals surface area contributed by atoms with Crippen molar-refractivity contribution in [1.29, 1.82) is 0 Å². The first-order chi connectivity index (χ1) is 12.8. The van der Waals surface area contributed by atoms with Crippen LogP contribution in [-0.4, -0.2) is 14.5 Å². The number of para-hydroxylation sites is 2. The number of hydrogen-bond acceptors (Lipinski definition) is 4. The summed E-state index contributed by atoms with van der Waals surface area (Å²) in [6.07, 6.45) is 3.94. The average Bonchev–Trinajstić information content (AvgIpc) is 3.51. The first kappa shape index (κ1) is 15.6. The summed E-state index contributed by atoms with van der Waals surface area (Å²) in [5.74, 6) is 0.742. The van der Waals surface area contributed by atoms with Crippen molar-refractivity contribution in [2.24, 2.45) is 0 Å². The number of nitrogens with zero attached hydrogens (tertiary/aromatic N) is 3. The maximum atomic E-state index is 13.0. The molecule has 2 aromatic carbocycles. The second kappa shape index (κ2) is 6.25. The molecule has 1 saturated carbocycles. The molecule has 5 rings (SSSR count). The van der Waals surface area contributed by atoms with Crippen LogP contribution in [0.4, 0.5) is 0 Å². The highest BCUT2D eigenvalue weighted by Gasteiger charge is 2.28. The molecule has 0 N–H and O–H groups in total. The molecule has 0 atom stereocenters. The molecule has 2 aromatic heterocycles. The van der Waals surface area contributed by atoms with Crippen LogP contribution in [0.3, 0.4) is 0 Å². The average molecular weight is 359 g/mol. The Labute approximate surface area is 154 Å². The smallest absolute Gasteiger partial charge is 0.262 e. The molecule has 128 valence electrons. The van der Waals surface area contributed by atoms with E-state index >= 15 is 0 Å². The lowest BCUT2D eigenvalue weighted by Gasteiger charge is -2.12. The summed E-state index contributed by atoms with van der Waals surface area (Å²) in [5.41, 5.74) is 3.03. The Morgan fingerprint density at radius 3 is 2.77 bits per heavy atom. The van der Waals surface area contributed by atoms with Gasteiger partial charge in [-0.2, -0.15) is 0 Å². The predicted octanol–water partition coefficient (Wildman–Crippen LogP) is 4.57. The van der Waals surface area contributed by atoms with E-state index in [2.05, 4.69) is 29.2 Å². The van der Waals surface area contributed by atoms with Gasteiger partial charge in [-0.15, -0.1) is 0 Å². The van der Waals surface area contributed by atoms with Crippen molar-refractivity contribution in [1.82, 2.24) is 14.5 Å². The molecular weight excluding hydrogens is 342 g/mol. The van der Waals surface area contributed by atoms with E-state index in [9.17, 15) is 4.79 Å². The number of aromatic nitrogens is 3. The number of hydrogen-bond donors (Lipinski definition) is 0. The van der Waals surface area contributed by atoms with E-state index in [0.717, 1.165) is 45.7 Å². The van der Waals surface area contributed by atoms with Gasteiger partial charge in [0, 0.05) is 23.4 Å². The molecule has 2 heterocycles. The minimum Gasteiger partial charge on any atom is -0.284 e. The second-order valence-corrected chi connectivity index (χ2v) is 7.54. The quantitative estimate of drug-likeness (QED) is 0.395. The van der Waals surface area contributed by atoms with Crippen molar-refractivity contribution in [3.05, 3.63) is 76.7 Å². The van der Waals surface area contributed by atoms with Crippen LogP contribution in [0.25, 0.3) is 21.8 Å². The molecule has 4 nitrogen and oxygen atoms in total. The largest absolute Gasteiger partial charge is 0.284 e. The van der Waals surface area contributed by atoms with Gasteiger partial charge in [-0.05, 0) is 36.6 Å². The summed E-state index contributed by atoms with van der Waals surface area (Å²) in [6.45, 7) is 0. The molecule has 26 heavy (non-hydrogen) atoms. The van der Waals surface area contributed by atoms with Gasteiger partial charge in [0.05, 0.1) is 16.4 Å². The maximum Gasteiger partial charge on any atom is 0.262 e. The van der Waals surface area contributed by atoms with E-state index in [1.165, 1.54) is 0 Å². The van der Waals surface area contributed by atoms with Gasteiger partial charge in [0.25, 0.3) is 5.56 Å². The highest BCUT2D eigenvalue weighted by molar-refractivity contribution is 7.98. The normalized spacial score (nSPS) is 14.2. The fourth-order valence-corrected chi connectivity index (χ4v) is 4.36. The van der Waals surface area contributed by atoms with E-state index in [4.69, 9.17) is 4.98 Å². The minimum absolute atomic E-state index is 0.0802. The van der Waals surface area contributed by atoms with Gasteiger partial charge in [0.1, 0.15) is 0 Å². The van der Waals surface area contributed by atoms with Crippen LogP contribution < -0.4 is 5.56 Å². The molecule has 0 aliphatic heterocycles. The molecule has 0 amide bonds. The minimum atomic E-state index is 0.0802. The molecule has 0 bridgehead atoms. The summed E-state index contributed by atoms with van der Waals surface area (Å²) in [4.78, 5) is 22.3. The Balaban J connectivity index is 1.57. The lowest BCUT2D eigenvalue weighted by atomic mass is 10.1. The third-order valence-corrected chi connectivity index (χ3v) is 5.76. The van der Waals surface area contributed by atoms with Crippen molar-refractivity contribution in [2.75, 3.05) is 0 Å². The summed E-state index contributed by atoms with van der Waals surface area (Å²) >= 11 is 1.62. The van der Waals surface area contributed by atoms with Crippen LogP contribution in [-0.2, 0) is 5.75 Å². The van der Waals surface area contributed by atoms with Gasteiger partial charge < -0.3 is 0 Å². The third kappa shape index (κ3) is 2.69. The Morgan fingerprint density at radius 1 is 1.04 bits per heavy atom. The number of pyridine rings is 1. The van der Waals surface area contributed by atoms with Gasteiger partial charge in [-0.3, -0.25) is 14.3 Å². The molecule has 0 saturated heterocycles. The van der Waals surface area contributed by atoms with Gasteiger partial charge >= 0.3 is 0 Å². The molecule has 1 aliphatic rings. The van der Waals surface area contributed by atoms with Crippen LogP contribution in [0, 0.1) is 0 Å². The zero-order valence-electron chi connectivity index (χ0n) is 14.1. The first-order valence-electron chi connectivity index (χ1n) is 8.78. The zero-order chi connectivity index (χ0) is 17.5. The number of benzene rings is 2. The Bertz CT molecular complexity index is 1180. The molecular formula is C21H17N3OS. The SMILES string of the molecule is O=c1c2ccccc2nc(SCc2cccc3cccnc23)n1C1CC1. The highest BCUT2D eigenvalue weighted by atomic mass is 32.2. The molecule has 0 radical (unpaired) electrons. The molecule has 1 fully saturated rings. The Hall–Kier alpha value is -2.66. The molecule has 5 heteroatoms. The summed E-state index contributed by atoms with van der Waals surface area (Å²) in [6, 6.07) is 18.2. The van der Waals surface area contributed by atoms with Crippen LogP contribution in [0.2, 0.25) is 0 Å². The van der Waals surface area contributed by atoms with E-state index < -0.39 is 0 Å². The zero-order valence-corrected chi connectivity index (χ0v) is 14.9. The Morgan fingerprint density at radius 2 is 1.88 bits per heavy atom. The fraction of sp³-hybridized carbons (Fsp3) is 0.190. The summed E-state index contributed by atoms with van der Waals surface area (Å²) < 4.78 is 1.89. The van der Waals surface area contributed by atoms with Gasteiger partial charge in [0.2, 0.25) is 0 Å². The summed E-state index contributed by atoms with van der Waals surface area (Å²) in [5, 5.41) is 2.65. The standard InChI is InChI=1S/C21H17N3OS/c25-20-17-8-1-2-9-18(17)23-21(24(20)16-10-11-16)26-13-15-6-3-5-14-7-4-12-22-19(14)15/h1-9,12,16H,10-11,13H2. The molecule has 4 aromatic rings. The van der Waals surface area contributed by atoms with Crippen LogP contribution in [0.15, 0.2) is 70.7 Å². The van der Waals surface area contributed by atoms with Crippen LogP contribution in [0.5, 0.6) is 0 Å². The highest BCUT2D eigenvalue weighted by Crippen LogP contribution is 2.37. The van der Waals surface area contributed by atoms with Crippen molar-refractivity contribution < 1.29 is 0 Å². The Kier molecular flexibility index (Phi) is 3.75. The van der Waals surface area contributed by atoms with Crippen molar-refractivity contribution in [2.45, 2.75) is 29.8 Å². The molecule has 1 aliphatic carbocycles. The molecule has 0 spiro atoms. The lowest BCUT2D eigenvalue weighted by molar-refractivity contribution is 0.618. The predicted molar refractivity (Wildman–Crippen MR) is 106 cm³/mol. The van der Waals surface area contributed by atoms with Gasteiger partial charge in [-0.25, -0.2) is 4.98 Å². The second-order valence-electron chi connectivity index (χ2n) is 6.60. The molecule has 0 unspecified atom stereocenters. The van der Waals surface area contributed by atoms with Gasteiger partial charge in [0.15, 0.2) is 5.16 Å². The number of rotatable bonds is 4. The van der Waals surface area contributed by atoms with Crippen molar-refractivity contribution in [3.8, 4) is 0 Å². The fourth-order valence-electron chi connectivity index (χ4n) is 3.31. The number of thioether (sulfide) groups is 1.